The monoisotopic (exact) mass is 410 g/mol. The molecule has 0 aromatic heterocycles. The maximum atomic E-state index is 12.4. The summed E-state index contributed by atoms with van der Waals surface area (Å²) >= 11 is 0. The van der Waals surface area contributed by atoms with Gasteiger partial charge in [0.15, 0.2) is 0 Å². The summed E-state index contributed by atoms with van der Waals surface area (Å²) < 4.78 is 24.0. The zero-order chi connectivity index (χ0) is 21.8. The molecule has 1 saturated heterocycles. The van der Waals surface area contributed by atoms with Gasteiger partial charge in [-0.1, -0.05) is 48.5 Å². The third-order valence-electron chi connectivity index (χ3n) is 5.85. The molecule has 1 heterocycles. The van der Waals surface area contributed by atoms with E-state index in [0.29, 0.717) is 19.0 Å². The van der Waals surface area contributed by atoms with E-state index in [4.69, 9.17) is 18.8 Å². The first-order chi connectivity index (χ1) is 14.2. The molecule has 160 valence electrons. The Bertz CT molecular complexity index is 834. The number of hydrogen-bond acceptors (Lipinski definition) is 5. The molecule has 1 aliphatic rings. The van der Waals surface area contributed by atoms with Crippen molar-refractivity contribution in [3.05, 3.63) is 65.7 Å². The molecule has 0 aliphatic carbocycles. The van der Waals surface area contributed by atoms with Crippen LogP contribution in [0.5, 0.6) is 5.75 Å². The third kappa shape index (κ3) is 5.05. The lowest BCUT2D eigenvalue weighted by Crippen LogP contribution is -2.41. The Balaban J connectivity index is 1.89. The normalized spacial score (nSPS) is 18.1. The molecule has 0 saturated carbocycles. The molecule has 3 rings (SSSR count). The molecule has 1 atom stereocenters. The van der Waals surface area contributed by atoms with Crippen LogP contribution >= 0.6 is 0 Å². The maximum Gasteiger partial charge on any atom is 0.466 e. The van der Waals surface area contributed by atoms with E-state index in [2.05, 4.69) is 0 Å². The van der Waals surface area contributed by atoms with Crippen molar-refractivity contribution in [3.63, 3.8) is 0 Å². The molecule has 0 radical (unpaired) electrons. The van der Waals surface area contributed by atoms with Crippen molar-refractivity contribution in [1.82, 2.24) is 0 Å². The molecule has 1 aliphatic heterocycles. The molecule has 0 N–H and O–H groups in total. The van der Waals surface area contributed by atoms with Crippen LogP contribution in [0, 0.1) is 0 Å². The van der Waals surface area contributed by atoms with E-state index >= 15 is 0 Å². The number of benzene rings is 2. The van der Waals surface area contributed by atoms with E-state index in [1.165, 1.54) is 0 Å². The lowest BCUT2D eigenvalue weighted by Gasteiger charge is -2.32. The van der Waals surface area contributed by atoms with Crippen LogP contribution in [-0.2, 0) is 25.4 Å². The van der Waals surface area contributed by atoms with Crippen LogP contribution in [0.15, 0.2) is 54.6 Å². The van der Waals surface area contributed by atoms with E-state index in [9.17, 15) is 4.79 Å². The fraction of sp³-hybridized carbons (Fsp3) is 0.458. The highest BCUT2D eigenvalue weighted by Gasteiger charge is 2.54. The fourth-order valence-corrected chi connectivity index (χ4v) is 3.46. The molecule has 0 spiro atoms. The van der Waals surface area contributed by atoms with Crippen LogP contribution < -0.4 is 4.74 Å². The second kappa shape index (κ2) is 9.23. The molecule has 6 heteroatoms. The minimum Gasteiger partial charge on any atom is -0.489 e. The van der Waals surface area contributed by atoms with Gasteiger partial charge in [-0.15, -0.1) is 0 Å². The average molecular weight is 410 g/mol. The van der Waals surface area contributed by atoms with E-state index in [0.717, 1.165) is 11.1 Å². The summed E-state index contributed by atoms with van der Waals surface area (Å²) in [4.78, 5) is 12.4. The van der Waals surface area contributed by atoms with E-state index in [1.54, 1.807) is 6.92 Å². The van der Waals surface area contributed by atoms with E-state index in [-0.39, 0.29) is 18.2 Å². The van der Waals surface area contributed by atoms with Gasteiger partial charge in [0.25, 0.3) is 0 Å². The zero-order valence-corrected chi connectivity index (χ0v) is 18.5. The molecule has 0 amide bonds. The lowest BCUT2D eigenvalue weighted by atomic mass is 9.66. The zero-order valence-electron chi connectivity index (χ0n) is 18.5. The Kier molecular flexibility index (Phi) is 6.89. The van der Waals surface area contributed by atoms with Gasteiger partial charge in [0, 0.05) is 5.82 Å². The summed E-state index contributed by atoms with van der Waals surface area (Å²) in [5, 5.41) is 0. The molecule has 0 bridgehead atoms. The average Bonchev–Trinajstić information content (AvgIpc) is 2.93. The van der Waals surface area contributed by atoms with Gasteiger partial charge in [-0.2, -0.15) is 0 Å². The number of ether oxygens (including phenoxy) is 2. The standard InChI is InChI=1S/C24H31BO5/c1-6-27-22(26)16-20(25-29-23(2,3)24(4,5)30-25)19-14-10-11-15-21(19)28-17-18-12-8-7-9-13-18/h7-15,20H,6,16-17H2,1-5H3. The van der Waals surface area contributed by atoms with Gasteiger partial charge in [-0.05, 0) is 51.8 Å². The SMILES string of the molecule is CCOC(=O)CC(B1OC(C)(C)C(C)(C)O1)c1ccccc1OCc1ccccc1. The molecular formula is C24H31BO5. The Morgan fingerprint density at radius 1 is 0.967 bits per heavy atom. The summed E-state index contributed by atoms with van der Waals surface area (Å²) in [7, 11) is -0.583. The third-order valence-corrected chi connectivity index (χ3v) is 5.85. The van der Waals surface area contributed by atoms with Crippen LogP contribution in [0.3, 0.4) is 0 Å². The van der Waals surface area contributed by atoms with E-state index in [1.807, 2.05) is 82.3 Å². The van der Waals surface area contributed by atoms with Crippen molar-refractivity contribution in [3.8, 4) is 5.75 Å². The molecule has 2 aromatic rings. The first-order valence-electron chi connectivity index (χ1n) is 10.5. The quantitative estimate of drug-likeness (QED) is 0.456. The van der Waals surface area contributed by atoms with Gasteiger partial charge in [0.2, 0.25) is 0 Å². The van der Waals surface area contributed by atoms with Crippen molar-refractivity contribution in [1.29, 1.82) is 0 Å². The first kappa shape index (κ1) is 22.4. The van der Waals surface area contributed by atoms with E-state index < -0.39 is 18.3 Å². The van der Waals surface area contributed by atoms with Crippen LogP contribution in [0.2, 0.25) is 0 Å². The topological polar surface area (TPSA) is 54.0 Å². The van der Waals surface area contributed by atoms with Crippen molar-refractivity contribution < 1.29 is 23.6 Å². The predicted molar refractivity (Wildman–Crippen MR) is 117 cm³/mol. The van der Waals surface area contributed by atoms with Crippen LogP contribution in [0.25, 0.3) is 0 Å². The summed E-state index contributed by atoms with van der Waals surface area (Å²) in [5.74, 6) is 0.0810. The first-order valence-corrected chi connectivity index (χ1v) is 10.5. The molecule has 5 nitrogen and oxygen atoms in total. The summed E-state index contributed by atoms with van der Waals surface area (Å²) in [6.45, 7) is 10.6. The number of rotatable bonds is 8. The molecule has 1 unspecified atom stereocenters. The van der Waals surface area contributed by atoms with Gasteiger partial charge >= 0.3 is 13.1 Å². The van der Waals surface area contributed by atoms with Crippen LogP contribution in [0.1, 0.15) is 58.0 Å². The number of hydrogen-bond donors (Lipinski definition) is 0. The molecular weight excluding hydrogens is 379 g/mol. The number of esters is 1. The highest BCUT2D eigenvalue weighted by atomic mass is 16.7. The van der Waals surface area contributed by atoms with Gasteiger partial charge in [-0.25, -0.2) is 0 Å². The minimum atomic E-state index is -0.583. The molecule has 2 aromatic carbocycles. The second-order valence-corrected chi connectivity index (χ2v) is 8.55. The predicted octanol–water partition coefficient (Wildman–Crippen LogP) is 4.93. The van der Waals surface area contributed by atoms with Crippen LogP contribution in [0.4, 0.5) is 0 Å². The number of para-hydroxylation sites is 1. The summed E-state index contributed by atoms with van der Waals surface area (Å²) in [6.07, 6.45) is 0.149. The highest BCUT2D eigenvalue weighted by Crippen LogP contribution is 2.43. The smallest absolute Gasteiger partial charge is 0.466 e. The van der Waals surface area contributed by atoms with Gasteiger partial charge < -0.3 is 18.8 Å². The van der Waals surface area contributed by atoms with Gasteiger partial charge in [-0.3, -0.25) is 4.79 Å². The summed E-state index contributed by atoms with van der Waals surface area (Å²) in [5.41, 5.74) is 0.958. The lowest BCUT2D eigenvalue weighted by molar-refractivity contribution is -0.143. The molecule has 1 fully saturated rings. The Morgan fingerprint density at radius 2 is 1.57 bits per heavy atom. The van der Waals surface area contributed by atoms with Crippen LogP contribution in [-0.4, -0.2) is 30.9 Å². The summed E-state index contributed by atoms with van der Waals surface area (Å²) in [6, 6.07) is 17.7. The molecule has 30 heavy (non-hydrogen) atoms. The minimum absolute atomic E-state index is 0.149. The van der Waals surface area contributed by atoms with Crippen molar-refractivity contribution in [2.75, 3.05) is 6.61 Å². The number of carbonyl (C=O) groups is 1. The Labute approximate surface area is 179 Å². The van der Waals surface area contributed by atoms with Crippen molar-refractivity contribution in [2.24, 2.45) is 0 Å². The Morgan fingerprint density at radius 3 is 2.20 bits per heavy atom. The van der Waals surface area contributed by atoms with Crippen molar-refractivity contribution in [2.45, 2.75) is 64.7 Å². The van der Waals surface area contributed by atoms with Gasteiger partial charge in [0.05, 0.1) is 24.2 Å². The number of carbonyl (C=O) groups excluding carboxylic acids is 1. The fourth-order valence-electron chi connectivity index (χ4n) is 3.46. The van der Waals surface area contributed by atoms with Gasteiger partial charge in [0.1, 0.15) is 12.4 Å². The highest BCUT2D eigenvalue weighted by molar-refractivity contribution is 6.48. The Hall–Kier alpha value is -2.31. The largest absolute Gasteiger partial charge is 0.489 e. The maximum absolute atomic E-state index is 12.4. The second-order valence-electron chi connectivity index (χ2n) is 8.55. The van der Waals surface area contributed by atoms with Crippen molar-refractivity contribution >= 4 is 13.1 Å².